The quantitative estimate of drug-likeness (QED) is 0.701. The van der Waals surface area contributed by atoms with Crippen molar-refractivity contribution >= 4 is 29.1 Å². The van der Waals surface area contributed by atoms with Gasteiger partial charge in [0.05, 0.1) is 24.7 Å². The van der Waals surface area contributed by atoms with Gasteiger partial charge in [-0.25, -0.2) is 14.8 Å². The van der Waals surface area contributed by atoms with Crippen molar-refractivity contribution in [3.63, 3.8) is 0 Å². The minimum Gasteiger partial charge on any atom is -0.489 e. The predicted octanol–water partition coefficient (Wildman–Crippen LogP) is 2.32. The molecular weight excluding hydrogens is 384 g/mol. The highest BCUT2D eigenvalue weighted by Crippen LogP contribution is 2.31. The molecule has 1 aliphatic rings. The number of aromatic nitrogens is 2. The van der Waals surface area contributed by atoms with Crippen LogP contribution in [0, 0.1) is 18.3 Å². The molecule has 2 aromatic rings. The Morgan fingerprint density at radius 3 is 2.96 bits per heavy atom. The number of hydrogen-bond donors (Lipinski definition) is 3. The van der Waals surface area contributed by atoms with Gasteiger partial charge in [-0.3, -0.25) is 5.32 Å². The molecule has 0 bridgehead atoms. The van der Waals surface area contributed by atoms with Crippen LogP contribution in [0.2, 0.25) is 5.02 Å². The number of anilines is 2. The molecule has 3 rings (SSSR count). The van der Waals surface area contributed by atoms with E-state index in [9.17, 15) is 4.79 Å². The lowest BCUT2D eigenvalue weighted by molar-refractivity contribution is 0.000351. The highest BCUT2D eigenvalue weighted by atomic mass is 35.5. The van der Waals surface area contributed by atoms with Gasteiger partial charge in [-0.15, -0.1) is 0 Å². The summed E-state index contributed by atoms with van der Waals surface area (Å²) in [7, 11) is 0. The Labute approximate surface area is 167 Å². The number of benzene rings is 1. The van der Waals surface area contributed by atoms with Crippen LogP contribution in [0.5, 0.6) is 5.75 Å². The summed E-state index contributed by atoms with van der Waals surface area (Å²) in [5.74, 6) is 0.650. The average Bonchev–Trinajstić information content (AvgIpc) is 2.71. The maximum absolute atomic E-state index is 12.3. The summed E-state index contributed by atoms with van der Waals surface area (Å²) in [6, 6.07) is 4.72. The second-order valence-corrected chi connectivity index (χ2v) is 6.49. The lowest BCUT2D eigenvalue weighted by Gasteiger charge is -2.24. The molecule has 3 N–H and O–H groups in total. The van der Waals surface area contributed by atoms with Crippen LogP contribution in [0.4, 0.5) is 16.3 Å². The van der Waals surface area contributed by atoms with Crippen molar-refractivity contribution in [3.8, 4) is 11.8 Å². The fraction of sp³-hybridized carbons (Fsp3) is 0.333. The lowest BCUT2D eigenvalue weighted by atomic mass is 10.2. The van der Waals surface area contributed by atoms with Crippen LogP contribution in [0.1, 0.15) is 11.3 Å². The maximum atomic E-state index is 12.3. The van der Waals surface area contributed by atoms with Gasteiger partial charge in [0.25, 0.3) is 0 Å². The SMILES string of the molecule is Cc1cc(NC(=O)Nc2cnc(C#N)cn2)c(OCC2CNCCO2)cc1Cl. The molecule has 28 heavy (non-hydrogen) atoms. The highest BCUT2D eigenvalue weighted by molar-refractivity contribution is 6.31. The molecule has 1 aromatic heterocycles. The first-order chi connectivity index (χ1) is 13.5. The number of morpholine rings is 1. The van der Waals surface area contributed by atoms with Crippen LogP contribution >= 0.6 is 11.6 Å². The smallest absolute Gasteiger partial charge is 0.324 e. The summed E-state index contributed by atoms with van der Waals surface area (Å²) in [6.07, 6.45) is 2.50. The molecule has 1 atom stereocenters. The van der Waals surface area contributed by atoms with Crippen molar-refractivity contribution in [2.75, 3.05) is 36.9 Å². The summed E-state index contributed by atoms with van der Waals surface area (Å²) in [4.78, 5) is 20.1. The van der Waals surface area contributed by atoms with E-state index in [-0.39, 0.29) is 17.6 Å². The zero-order valence-electron chi connectivity index (χ0n) is 15.2. The Morgan fingerprint density at radius 2 is 2.29 bits per heavy atom. The van der Waals surface area contributed by atoms with Crippen LogP contribution in [-0.4, -0.2) is 48.4 Å². The minimum atomic E-state index is -0.527. The van der Waals surface area contributed by atoms with Gasteiger partial charge in [0.2, 0.25) is 0 Å². The van der Waals surface area contributed by atoms with Gasteiger partial charge >= 0.3 is 6.03 Å². The van der Waals surface area contributed by atoms with Crippen molar-refractivity contribution in [3.05, 3.63) is 40.8 Å². The zero-order valence-corrected chi connectivity index (χ0v) is 15.9. The van der Waals surface area contributed by atoms with Crippen molar-refractivity contribution < 1.29 is 14.3 Å². The number of rotatable bonds is 5. The Balaban J connectivity index is 1.67. The number of ether oxygens (including phenoxy) is 2. The van der Waals surface area contributed by atoms with Crippen LogP contribution in [-0.2, 0) is 4.74 Å². The molecular formula is C18H19ClN6O3. The Morgan fingerprint density at radius 1 is 1.43 bits per heavy atom. The topological polar surface area (TPSA) is 121 Å². The second kappa shape index (κ2) is 9.32. The summed E-state index contributed by atoms with van der Waals surface area (Å²) < 4.78 is 11.5. The normalized spacial score (nSPS) is 16.1. The first-order valence-electron chi connectivity index (χ1n) is 8.60. The fourth-order valence-electron chi connectivity index (χ4n) is 2.51. The monoisotopic (exact) mass is 402 g/mol. The number of nitrogens with zero attached hydrogens (tertiary/aromatic N) is 3. The number of carbonyl (C=O) groups is 1. The molecule has 0 radical (unpaired) electrons. The highest BCUT2D eigenvalue weighted by Gasteiger charge is 2.17. The van der Waals surface area contributed by atoms with Crippen LogP contribution < -0.4 is 20.7 Å². The van der Waals surface area contributed by atoms with Gasteiger partial charge in [0.15, 0.2) is 11.5 Å². The summed E-state index contributed by atoms with van der Waals surface area (Å²) >= 11 is 6.21. The van der Waals surface area contributed by atoms with E-state index in [1.807, 2.05) is 13.0 Å². The van der Waals surface area contributed by atoms with E-state index in [2.05, 4.69) is 25.9 Å². The molecule has 1 unspecified atom stereocenters. The molecule has 146 valence electrons. The molecule has 1 aliphatic heterocycles. The third kappa shape index (κ3) is 5.29. The molecule has 0 saturated carbocycles. The van der Waals surface area contributed by atoms with E-state index in [1.165, 1.54) is 12.4 Å². The van der Waals surface area contributed by atoms with Crippen LogP contribution in [0.15, 0.2) is 24.5 Å². The van der Waals surface area contributed by atoms with Crippen LogP contribution in [0.25, 0.3) is 0 Å². The minimum absolute atomic E-state index is 0.0792. The first-order valence-corrected chi connectivity index (χ1v) is 8.98. The molecule has 9 nitrogen and oxygen atoms in total. The molecule has 10 heteroatoms. The van der Waals surface area contributed by atoms with E-state index >= 15 is 0 Å². The van der Waals surface area contributed by atoms with Crippen molar-refractivity contribution in [2.45, 2.75) is 13.0 Å². The standard InChI is InChI=1S/C18H19ClN6O3/c1-11-4-15(24-18(26)25-17-9-22-12(6-20)7-23-17)16(5-14(11)19)28-10-13-8-21-2-3-27-13/h4-5,7,9,13,21H,2-3,8,10H2,1H3,(H2,23,24,25,26). The van der Waals surface area contributed by atoms with Crippen molar-refractivity contribution in [2.24, 2.45) is 0 Å². The van der Waals surface area contributed by atoms with E-state index in [1.54, 1.807) is 12.1 Å². The van der Waals surface area contributed by atoms with Gasteiger partial charge in [-0.1, -0.05) is 11.6 Å². The Kier molecular flexibility index (Phi) is 6.60. The number of nitriles is 1. The van der Waals surface area contributed by atoms with Gasteiger partial charge in [-0.05, 0) is 18.6 Å². The average molecular weight is 403 g/mol. The predicted molar refractivity (Wildman–Crippen MR) is 104 cm³/mol. The molecule has 0 spiro atoms. The molecule has 1 aromatic carbocycles. The van der Waals surface area contributed by atoms with Gasteiger partial charge in [-0.2, -0.15) is 5.26 Å². The molecule has 2 amide bonds. The van der Waals surface area contributed by atoms with Gasteiger partial charge in [0, 0.05) is 24.2 Å². The second-order valence-electron chi connectivity index (χ2n) is 6.08. The number of nitrogens with one attached hydrogen (secondary N) is 3. The maximum Gasteiger partial charge on any atom is 0.324 e. The number of carbonyl (C=O) groups excluding carboxylic acids is 1. The number of aryl methyl sites for hydroxylation is 1. The lowest BCUT2D eigenvalue weighted by Crippen LogP contribution is -2.41. The number of urea groups is 1. The van der Waals surface area contributed by atoms with E-state index in [0.29, 0.717) is 36.2 Å². The third-order valence-corrected chi connectivity index (χ3v) is 4.35. The van der Waals surface area contributed by atoms with E-state index in [4.69, 9.17) is 26.3 Å². The van der Waals surface area contributed by atoms with Gasteiger partial charge in [0.1, 0.15) is 24.5 Å². The Hall–Kier alpha value is -2.93. The number of halogens is 1. The van der Waals surface area contributed by atoms with Crippen molar-refractivity contribution in [1.29, 1.82) is 5.26 Å². The summed E-state index contributed by atoms with van der Waals surface area (Å²) in [5, 5.41) is 17.8. The largest absolute Gasteiger partial charge is 0.489 e. The first kappa shape index (κ1) is 19.8. The van der Waals surface area contributed by atoms with E-state index in [0.717, 1.165) is 12.1 Å². The third-order valence-electron chi connectivity index (χ3n) is 3.95. The van der Waals surface area contributed by atoms with E-state index < -0.39 is 6.03 Å². The molecule has 0 aliphatic carbocycles. The molecule has 2 heterocycles. The number of hydrogen-bond acceptors (Lipinski definition) is 7. The summed E-state index contributed by atoms with van der Waals surface area (Å²) in [6.45, 7) is 4.29. The Bertz CT molecular complexity index is 878. The molecule has 1 fully saturated rings. The van der Waals surface area contributed by atoms with Crippen molar-refractivity contribution in [1.82, 2.24) is 15.3 Å². The molecule has 1 saturated heterocycles. The number of amides is 2. The zero-order chi connectivity index (χ0) is 19.9. The fourth-order valence-corrected chi connectivity index (χ4v) is 2.66. The summed E-state index contributed by atoms with van der Waals surface area (Å²) in [5.41, 5.74) is 1.41. The van der Waals surface area contributed by atoms with Gasteiger partial charge < -0.3 is 20.1 Å². The van der Waals surface area contributed by atoms with Crippen LogP contribution in [0.3, 0.4) is 0 Å².